The molecule has 0 bridgehead atoms. The third-order valence-corrected chi connectivity index (χ3v) is 9.45. The van der Waals surface area contributed by atoms with Gasteiger partial charge in [0.2, 0.25) is 5.88 Å². The summed E-state index contributed by atoms with van der Waals surface area (Å²) in [6.45, 7) is 8.06. The summed E-state index contributed by atoms with van der Waals surface area (Å²) < 4.78 is 5.07. The number of benzene rings is 1. The second-order valence-corrected chi connectivity index (χ2v) is 12.6. The summed E-state index contributed by atoms with van der Waals surface area (Å²) in [5.41, 5.74) is 2.69. The predicted octanol–water partition coefficient (Wildman–Crippen LogP) is 4.39. The summed E-state index contributed by atoms with van der Waals surface area (Å²) in [6, 6.07) is 12.0. The van der Waals surface area contributed by atoms with Gasteiger partial charge in [-0.25, -0.2) is 4.79 Å². The zero-order valence-corrected chi connectivity index (χ0v) is 24.7. The van der Waals surface area contributed by atoms with Crippen molar-refractivity contribution in [1.82, 2.24) is 29.8 Å². The van der Waals surface area contributed by atoms with Gasteiger partial charge in [0.25, 0.3) is 5.91 Å². The summed E-state index contributed by atoms with van der Waals surface area (Å²) in [4.78, 5) is 35.0. The van der Waals surface area contributed by atoms with Crippen LogP contribution in [0.15, 0.2) is 36.4 Å². The van der Waals surface area contributed by atoms with Gasteiger partial charge in [-0.3, -0.25) is 9.69 Å². The van der Waals surface area contributed by atoms with Crippen LogP contribution in [0.25, 0.3) is 11.3 Å². The number of urea groups is 1. The Kier molecular flexibility index (Phi) is 8.31. The van der Waals surface area contributed by atoms with Gasteiger partial charge < -0.3 is 19.4 Å². The van der Waals surface area contributed by atoms with Crippen molar-refractivity contribution >= 4 is 11.9 Å². The highest BCUT2D eigenvalue weighted by Crippen LogP contribution is 2.38. The second kappa shape index (κ2) is 11.7. The minimum absolute atomic E-state index is 0.00245. The van der Waals surface area contributed by atoms with Crippen molar-refractivity contribution in [2.24, 2.45) is 5.41 Å². The molecule has 5 rings (SSSR count). The first-order valence-corrected chi connectivity index (χ1v) is 14.7. The van der Waals surface area contributed by atoms with Crippen LogP contribution in [0, 0.1) is 5.41 Å². The predicted molar refractivity (Wildman–Crippen MR) is 155 cm³/mol. The average Bonchev–Trinajstić information content (AvgIpc) is 3.67. The molecule has 0 N–H and O–H groups in total. The number of nitrogens with zero attached hydrogens (tertiary/aromatic N) is 6. The molecule has 40 heavy (non-hydrogen) atoms. The molecule has 0 spiro atoms. The quantitative estimate of drug-likeness (QED) is 0.533. The van der Waals surface area contributed by atoms with E-state index >= 15 is 0 Å². The van der Waals surface area contributed by atoms with Crippen LogP contribution in [0.1, 0.15) is 62.7 Å². The summed E-state index contributed by atoms with van der Waals surface area (Å²) >= 11 is 0. The molecule has 0 radical (unpaired) electrons. The van der Waals surface area contributed by atoms with Gasteiger partial charge in [0.05, 0.1) is 18.8 Å². The second-order valence-electron chi connectivity index (χ2n) is 12.6. The minimum atomic E-state index is -0.0397. The van der Waals surface area contributed by atoms with Crippen molar-refractivity contribution in [2.75, 3.05) is 47.4 Å². The zero-order chi connectivity index (χ0) is 28.4. The number of hydrogen-bond acceptors (Lipinski definition) is 6. The summed E-state index contributed by atoms with van der Waals surface area (Å²) in [5, 5.41) is 8.19. The molecule has 2 aliphatic heterocycles. The SMILES string of the molecule is COc1ccc(-c2ccc(C(=O)N(C)C3CCN(C(=O)N(C)C4CCN(C5CCC(C)(C)CC5)C4)C3)cc2)nn1. The number of carbonyl (C=O) groups excluding carboxylic acids is 2. The van der Waals surface area contributed by atoms with Crippen LogP contribution in [-0.2, 0) is 0 Å². The van der Waals surface area contributed by atoms with E-state index < -0.39 is 0 Å². The van der Waals surface area contributed by atoms with Gasteiger partial charge in [-0.05, 0) is 62.1 Å². The van der Waals surface area contributed by atoms with Gasteiger partial charge in [-0.1, -0.05) is 26.0 Å². The van der Waals surface area contributed by atoms with Crippen molar-refractivity contribution in [1.29, 1.82) is 0 Å². The van der Waals surface area contributed by atoms with Crippen LogP contribution in [-0.4, -0.2) is 107 Å². The summed E-state index contributed by atoms with van der Waals surface area (Å²) in [6.07, 6.45) is 6.94. The highest BCUT2D eigenvalue weighted by Gasteiger charge is 2.38. The zero-order valence-electron chi connectivity index (χ0n) is 24.7. The Balaban J connectivity index is 1.12. The smallest absolute Gasteiger partial charge is 0.320 e. The van der Waals surface area contributed by atoms with Crippen molar-refractivity contribution in [3.63, 3.8) is 0 Å². The van der Waals surface area contributed by atoms with E-state index in [0.717, 1.165) is 37.2 Å². The van der Waals surface area contributed by atoms with Crippen LogP contribution in [0.3, 0.4) is 0 Å². The molecule has 2 unspecified atom stereocenters. The average molecular weight is 549 g/mol. The van der Waals surface area contributed by atoms with Crippen molar-refractivity contribution < 1.29 is 14.3 Å². The topological polar surface area (TPSA) is 82.1 Å². The van der Waals surface area contributed by atoms with Crippen molar-refractivity contribution in [2.45, 2.75) is 70.5 Å². The highest BCUT2D eigenvalue weighted by molar-refractivity contribution is 5.94. The molecule has 1 aliphatic carbocycles. The molecule has 3 amide bonds. The van der Waals surface area contributed by atoms with Gasteiger partial charge in [0.1, 0.15) is 0 Å². The fourth-order valence-corrected chi connectivity index (χ4v) is 6.51. The molecule has 216 valence electrons. The lowest BCUT2D eigenvalue weighted by atomic mass is 9.75. The number of likely N-dealkylation sites (N-methyl/N-ethyl adjacent to an activating group) is 2. The Morgan fingerprint density at radius 1 is 0.875 bits per heavy atom. The molecular weight excluding hydrogens is 504 g/mol. The van der Waals surface area contributed by atoms with E-state index in [1.807, 2.05) is 54.2 Å². The monoisotopic (exact) mass is 548 g/mol. The minimum Gasteiger partial charge on any atom is -0.480 e. The maximum atomic E-state index is 13.4. The number of ether oxygens (including phenoxy) is 1. The lowest BCUT2D eigenvalue weighted by Crippen LogP contribution is -2.48. The highest BCUT2D eigenvalue weighted by atomic mass is 16.5. The molecule has 3 aliphatic rings. The van der Waals surface area contributed by atoms with Crippen LogP contribution < -0.4 is 4.74 Å². The summed E-state index contributed by atoms with van der Waals surface area (Å²) in [5.74, 6) is 0.420. The molecule has 2 atom stereocenters. The molecule has 1 aromatic carbocycles. The standard InChI is InChI=1S/C31H44N6O3/c1-31(2)16-12-24(13-17-31)36-18-14-26(20-36)35(4)30(39)37-19-15-25(21-37)34(3)29(38)23-8-6-22(7-9-23)27-10-11-28(40-5)33-32-27/h6-11,24-26H,12-21H2,1-5H3. The Bertz CT molecular complexity index is 1170. The van der Waals surface area contributed by atoms with E-state index in [-0.39, 0.29) is 24.0 Å². The number of rotatable bonds is 6. The van der Waals surface area contributed by atoms with Gasteiger partial charge in [-0.2, -0.15) is 0 Å². The number of amides is 3. The molecule has 9 nitrogen and oxygen atoms in total. The summed E-state index contributed by atoms with van der Waals surface area (Å²) in [7, 11) is 5.35. The van der Waals surface area contributed by atoms with E-state index in [0.29, 0.717) is 36.0 Å². The van der Waals surface area contributed by atoms with Crippen molar-refractivity contribution in [3.05, 3.63) is 42.0 Å². The number of aromatic nitrogens is 2. The normalized spacial score (nSPS) is 23.3. The molecule has 3 fully saturated rings. The largest absolute Gasteiger partial charge is 0.480 e. The molecule has 9 heteroatoms. The molecule has 1 aromatic heterocycles. The van der Waals surface area contributed by atoms with Crippen LogP contribution >= 0.6 is 0 Å². The maximum Gasteiger partial charge on any atom is 0.320 e. The Morgan fingerprint density at radius 3 is 2.20 bits per heavy atom. The number of carbonyl (C=O) groups is 2. The van der Waals surface area contributed by atoms with Crippen LogP contribution in [0.2, 0.25) is 0 Å². The molecular formula is C31H44N6O3. The van der Waals surface area contributed by atoms with Crippen LogP contribution in [0.4, 0.5) is 4.79 Å². The molecule has 3 heterocycles. The van der Waals surface area contributed by atoms with Gasteiger partial charge in [0, 0.05) is 69.6 Å². The Hall–Kier alpha value is -3.20. The first-order chi connectivity index (χ1) is 19.1. The lowest BCUT2D eigenvalue weighted by molar-refractivity contribution is 0.0733. The third-order valence-electron chi connectivity index (χ3n) is 9.45. The van der Waals surface area contributed by atoms with E-state index in [2.05, 4.69) is 28.9 Å². The first-order valence-electron chi connectivity index (χ1n) is 14.7. The van der Waals surface area contributed by atoms with E-state index in [1.165, 1.54) is 25.7 Å². The molecule has 2 saturated heterocycles. The van der Waals surface area contributed by atoms with E-state index in [9.17, 15) is 9.59 Å². The Labute approximate surface area is 238 Å². The first kappa shape index (κ1) is 28.3. The number of hydrogen-bond donors (Lipinski definition) is 0. The third kappa shape index (κ3) is 6.09. The fraction of sp³-hybridized carbons (Fsp3) is 0.613. The van der Waals surface area contributed by atoms with Crippen molar-refractivity contribution in [3.8, 4) is 17.1 Å². The van der Waals surface area contributed by atoms with Gasteiger partial charge >= 0.3 is 6.03 Å². The van der Waals surface area contributed by atoms with Gasteiger partial charge in [-0.15, -0.1) is 10.2 Å². The van der Waals surface area contributed by atoms with Crippen LogP contribution in [0.5, 0.6) is 5.88 Å². The lowest BCUT2D eigenvalue weighted by Gasteiger charge is -2.39. The molecule has 1 saturated carbocycles. The maximum absolute atomic E-state index is 13.4. The molecule has 2 aromatic rings. The number of likely N-dealkylation sites (tertiary alicyclic amines) is 2. The van der Waals surface area contributed by atoms with Gasteiger partial charge in [0.15, 0.2) is 0 Å². The van der Waals surface area contributed by atoms with E-state index in [1.54, 1.807) is 18.1 Å². The fourth-order valence-electron chi connectivity index (χ4n) is 6.51. The van der Waals surface area contributed by atoms with E-state index in [4.69, 9.17) is 4.74 Å². The Morgan fingerprint density at radius 2 is 1.55 bits per heavy atom. The number of methoxy groups -OCH3 is 1.